The molecule has 1 saturated carbocycles. The molecule has 16 heavy (non-hydrogen) atoms. The van der Waals surface area contributed by atoms with Crippen LogP contribution >= 0.6 is 11.8 Å². The first kappa shape index (κ1) is 11.9. The van der Waals surface area contributed by atoms with Crippen molar-refractivity contribution in [2.75, 3.05) is 5.75 Å². The fourth-order valence-corrected chi connectivity index (χ4v) is 2.67. The molecule has 5 heteroatoms. The van der Waals surface area contributed by atoms with Gasteiger partial charge in [-0.15, -0.1) is 0 Å². The lowest BCUT2D eigenvalue weighted by molar-refractivity contribution is 0.327. The molecular formula is C11H19N3OS. The predicted molar refractivity (Wildman–Crippen MR) is 65.2 cm³/mol. The standard InChI is InChI=1S/C11H19N3OS/c1-2-16-8-9-13-10(15-14-9)7-11(12)5-3-4-6-11/h2-8,12H2,1H3. The van der Waals surface area contributed by atoms with E-state index in [1.165, 1.54) is 12.8 Å². The van der Waals surface area contributed by atoms with Crippen molar-refractivity contribution in [3.05, 3.63) is 11.7 Å². The van der Waals surface area contributed by atoms with Crippen molar-refractivity contribution in [1.29, 1.82) is 0 Å². The zero-order chi connectivity index (χ0) is 11.4. The summed E-state index contributed by atoms with van der Waals surface area (Å²) in [6, 6.07) is 0. The number of aromatic nitrogens is 2. The third kappa shape index (κ3) is 2.98. The Bertz CT molecular complexity index is 334. The Kier molecular flexibility index (Phi) is 3.86. The summed E-state index contributed by atoms with van der Waals surface area (Å²) in [5.74, 6) is 3.40. The quantitative estimate of drug-likeness (QED) is 0.855. The maximum atomic E-state index is 6.27. The second kappa shape index (κ2) is 5.19. The van der Waals surface area contributed by atoms with Crippen LogP contribution in [-0.4, -0.2) is 21.4 Å². The second-order valence-corrected chi connectivity index (χ2v) is 5.76. The van der Waals surface area contributed by atoms with Gasteiger partial charge >= 0.3 is 0 Å². The molecule has 2 rings (SSSR count). The summed E-state index contributed by atoms with van der Waals surface area (Å²) in [5, 5.41) is 3.96. The lowest BCUT2D eigenvalue weighted by atomic mass is 9.95. The normalized spacial score (nSPS) is 19.1. The van der Waals surface area contributed by atoms with Gasteiger partial charge in [0.05, 0.1) is 5.75 Å². The summed E-state index contributed by atoms with van der Waals surface area (Å²) in [6.07, 6.45) is 5.34. The Labute approximate surface area is 100 Å². The van der Waals surface area contributed by atoms with Crippen molar-refractivity contribution in [2.45, 2.75) is 50.3 Å². The fourth-order valence-electron chi connectivity index (χ4n) is 2.17. The maximum Gasteiger partial charge on any atom is 0.228 e. The van der Waals surface area contributed by atoms with Crippen molar-refractivity contribution in [1.82, 2.24) is 10.1 Å². The first-order valence-corrected chi connectivity index (χ1v) is 7.05. The molecule has 4 nitrogen and oxygen atoms in total. The summed E-state index contributed by atoms with van der Waals surface area (Å²) in [7, 11) is 0. The van der Waals surface area contributed by atoms with Gasteiger partial charge in [-0.1, -0.05) is 24.9 Å². The van der Waals surface area contributed by atoms with E-state index in [-0.39, 0.29) is 5.54 Å². The highest BCUT2D eigenvalue weighted by atomic mass is 32.2. The van der Waals surface area contributed by atoms with E-state index in [0.29, 0.717) is 5.89 Å². The van der Waals surface area contributed by atoms with E-state index in [1.54, 1.807) is 11.8 Å². The van der Waals surface area contributed by atoms with Gasteiger partial charge in [0.25, 0.3) is 0 Å². The van der Waals surface area contributed by atoms with Crippen molar-refractivity contribution in [3.63, 3.8) is 0 Å². The number of hydrogen-bond donors (Lipinski definition) is 1. The van der Waals surface area contributed by atoms with Gasteiger partial charge in [-0.2, -0.15) is 16.7 Å². The molecule has 90 valence electrons. The van der Waals surface area contributed by atoms with Gasteiger partial charge in [-0.3, -0.25) is 0 Å². The van der Waals surface area contributed by atoms with E-state index >= 15 is 0 Å². The fraction of sp³-hybridized carbons (Fsp3) is 0.818. The van der Waals surface area contributed by atoms with Gasteiger partial charge in [0.2, 0.25) is 5.89 Å². The molecule has 1 aromatic heterocycles. The molecule has 1 aliphatic rings. The molecule has 1 aliphatic carbocycles. The van der Waals surface area contributed by atoms with E-state index in [9.17, 15) is 0 Å². The van der Waals surface area contributed by atoms with Crippen LogP contribution in [-0.2, 0) is 12.2 Å². The van der Waals surface area contributed by atoms with Crippen LogP contribution in [0.5, 0.6) is 0 Å². The van der Waals surface area contributed by atoms with Crippen LogP contribution in [0.1, 0.15) is 44.3 Å². The Balaban J connectivity index is 1.91. The van der Waals surface area contributed by atoms with Crippen molar-refractivity contribution < 1.29 is 4.52 Å². The highest BCUT2D eigenvalue weighted by Gasteiger charge is 2.31. The average molecular weight is 241 g/mol. The summed E-state index contributed by atoms with van der Waals surface area (Å²) < 4.78 is 5.23. The van der Waals surface area contributed by atoms with Crippen molar-refractivity contribution in [3.8, 4) is 0 Å². The van der Waals surface area contributed by atoms with E-state index in [1.807, 2.05) is 0 Å². The monoisotopic (exact) mass is 241 g/mol. The molecule has 0 spiro atoms. The lowest BCUT2D eigenvalue weighted by Gasteiger charge is -2.20. The average Bonchev–Trinajstić information content (AvgIpc) is 2.85. The predicted octanol–water partition coefficient (Wildman–Crippen LogP) is 2.14. The molecule has 0 atom stereocenters. The van der Waals surface area contributed by atoms with Crippen molar-refractivity contribution >= 4 is 11.8 Å². The van der Waals surface area contributed by atoms with Crippen LogP contribution in [0.3, 0.4) is 0 Å². The first-order valence-electron chi connectivity index (χ1n) is 5.90. The molecule has 0 aromatic carbocycles. The summed E-state index contributed by atoms with van der Waals surface area (Å²) in [5.41, 5.74) is 6.17. The summed E-state index contributed by atoms with van der Waals surface area (Å²) in [6.45, 7) is 2.12. The molecular weight excluding hydrogens is 222 g/mol. The Hall–Kier alpha value is -0.550. The third-order valence-electron chi connectivity index (χ3n) is 3.05. The van der Waals surface area contributed by atoms with Crippen molar-refractivity contribution in [2.24, 2.45) is 5.73 Å². The number of nitrogens with two attached hydrogens (primary N) is 1. The van der Waals surface area contributed by atoms with Crippen LogP contribution in [0.2, 0.25) is 0 Å². The SMILES string of the molecule is CCSCc1noc(CC2(N)CCCC2)n1. The smallest absolute Gasteiger partial charge is 0.228 e. The molecule has 0 bridgehead atoms. The van der Waals surface area contributed by atoms with E-state index in [0.717, 1.165) is 36.6 Å². The number of hydrogen-bond acceptors (Lipinski definition) is 5. The number of thioether (sulfide) groups is 1. The zero-order valence-electron chi connectivity index (χ0n) is 9.74. The van der Waals surface area contributed by atoms with Gasteiger partial charge in [0.15, 0.2) is 5.82 Å². The second-order valence-electron chi connectivity index (χ2n) is 4.49. The minimum absolute atomic E-state index is 0.0955. The number of nitrogens with zero attached hydrogens (tertiary/aromatic N) is 2. The molecule has 2 N–H and O–H groups in total. The molecule has 0 aliphatic heterocycles. The van der Waals surface area contributed by atoms with Crippen LogP contribution in [0.15, 0.2) is 4.52 Å². The zero-order valence-corrected chi connectivity index (χ0v) is 10.6. The Morgan fingerprint density at radius 2 is 2.19 bits per heavy atom. The topological polar surface area (TPSA) is 64.9 Å². The minimum atomic E-state index is -0.0955. The third-order valence-corrected chi connectivity index (χ3v) is 3.92. The van der Waals surface area contributed by atoms with E-state index in [2.05, 4.69) is 17.1 Å². The van der Waals surface area contributed by atoms with Gasteiger partial charge in [0.1, 0.15) is 0 Å². The van der Waals surface area contributed by atoms with Gasteiger partial charge < -0.3 is 10.3 Å². The highest BCUT2D eigenvalue weighted by Crippen LogP contribution is 2.29. The number of rotatable bonds is 5. The maximum absolute atomic E-state index is 6.27. The van der Waals surface area contributed by atoms with E-state index in [4.69, 9.17) is 10.3 Å². The van der Waals surface area contributed by atoms with Crippen LogP contribution in [0.25, 0.3) is 0 Å². The molecule has 1 aromatic rings. The Morgan fingerprint density at radius 3 is 2.88 bits per heavy atom. The molecule has 0 radical (unpaired) electrons. The van der Waals surface area contributed by atoms with Crippen LogP contribution in [0, 0.1) is 0 Å². The Morgan fingerprint density at radius 1 is 1.44 bits per heavy atom. The molecule has 1 fully saturated rings. The van der Waals surface area contributed by atoms with E-state index < -0.39 is 0 Å². The first-order chi connectivity index (χ1) is 7.72. The summed E-state index contributed by atoms with van der Waals surface area (Å²) in [4.78, 5) is 4.38. The van der Waals surface area contributed by atoms with Crippen LogP contribution < -0.4 is 5.73 Å². The summed E-state index contributed by atoms with van der Waals surface area (Å²) >= 11 is 1.80. The van der Waals surface area contributed by atoms with Gasteiger partial charge in [0, 0.05) is 12.0 Å². The van der Waals surface area contributed by atoms with Gasteiger partial charge in [-0.25, -0.2) is 0 Å². The van der Waals surface area contributed by atoms with Gasteiger partial charge in [-0.05, 0) is 18.6 Å². The highest BCUT2D eigenvalue weighted by molar-refractivity contribution is 7.98. The lowest BCUT2D eigenvalue weighted by Crippen LogP contribution is -2.38. The largest absolute Gasteiger partial charge is 0.339 e. The molecule has 0 unspecified atom stereocenters. The molecule has 0 saturated heterocycles. The molecule has 1 heterocycles. The molecule has 0 amide bonds. The van der Waals surface area contributed by atoms with Crippen LogP contribution in [0.4, 0.5) is 0 Å². The minimum Gasteiger partial charge on any atom is -0.339 e.